The summed E-state index contributed by atoms with van der Waals surface area (Å²) in [6.45, 7) is 5.20. The van der Waals surface area contributed by atoms with Crippen LogP contribution in [0.4, 0.5) is 5.82 Å². The fourth-order valence-corrected chi connectivity index (χ4v) is 4.17. The van der Waals surface area contributed by atoms with E-state index < -0.39 is 0 Å². The van der Waals surface area contributed by atoms with Gasteiger partial charge in [-0.1, -0.05) is 23.7 Å². The second-order valence-electron chi connectivity index (χ2n) is 8.03. The third-order valence-corrected chi connectivity index (χ3v) is 5.97. The minimum atomic E-state index is -0.258. The zero-order chi connectivity index (χ0) is 21.6. The molecule has 8 heteroatoms. The third-order valence-electron chi connectivity index (χ3n) is 5.74. The SMILES string of the molecule is O=C(Nc1ccc(Cl)cn1)C1CCCN(C(=O)c2cccc(CN3CCOCC3)c2)C1. The first kappa shape index (κ1) is 21.7. The molecule has 1 unspecified atom stereocenters. The van der Waals surface area contributed by atoms with Gasteiger partial charge in [0.1, 0.15) is 5.82 Å². The number of piperidine rings is 1. The number of rotatable bonds is 5. The minimum Gasteiger partial charge on any atom is -0.379 e. The van der Waals surface area contributed by atoms with Crippen LogP contribution in [0, 0.1) is 5.92 Å². The van der Waals surface area contributed by atoms with Gasteiger partial charge in [-0.3, -0.25) is 14.5 Å². The van der Waals surface area contributed by atoms with Crippen molar-refractivity contribution in [3.8, 4) is 0 Å². The zero-order valence-corrected chi connectivity index (χ0v) is 18.2. The van der Waals surface area contributed by atoms with E-state index in [1.165, 1.54) is 6.20 Å². The number of likely N-dealkylation sites (tertiary alicyclic amines) is 1. The van der Waals surface area contributed by atoms with Crippen molar-refractivity contribution in [1.29, 1.82) is 0 Å². The molecule has 0 radical (unpaired) electrons. The quantitative estimate of drug-likeness (QED) is 0.770. The molecule has 1 N–H and O–H groups in total. The number of carbonyl (C=O) groups is 2. The number of ether oxygens (including phenoxy) is 1. The number of nitrogens with one attached hydrogen (secondary N) is 1. The van der Waals surface area contributed by atoms with Crippen LogP contribution in [0.2, 0.25) is 5.02 Å². The Morgan fingerprint density at radius 2 is 2.00 bits per heavy atom. The van der Waals surface area contributed by atoms with Gasteiger partial charge in [-0.15, -0.1) is 0 Å². The molecular formula is C23H27ClN4O3. The Morgan fingerprint density at radius 3 is 2.77 bits per heavy atom. The van der Waals surface area contributed by atoms with E-state index >= 15 is 0 Å². The first-order chi connectivity index (χ1) is 15.1. The number of benzene rings is 1. The van der Waals surface area contributed by atoms with Gasteiger partial charge in [0.2, 0.25) is 5.91 Å². The summed E-state index contributed by atoms with van der Waals surface area (Å²) in [6, 6.07) is 11.2. The number of amides is 2. The average molecular weight is 443 g/mol. The predicted molar refractivity (Wildman–Crippen MR) is 119 cm³/mol. The Bertz CT molecular complexity index is 915. The van der Waals surface area contributed by atoms with Crippen LogP contribution in [0.25, 0.3) is 0 Å². The van der Waals surface area contributed by atoms with Crippen molar-refractivity contribution < 1.29 is 14.3 Å². The Kier molecular flexibility index (Phi) is 7.17. The second-order valence-corrected chi connectivity index (χ2v) is 8.47. The lowest BCUT2D eigenvalue weighted by atomic mass is 9.96. The largest absolute Gasteiger partial charge is 0.379 e. The summed E-state index contributed by atoms with van der Waals surface area (Å²) in [6.07, 6.45) is 3.05. The summed E-state index contributed by atoms with van der Waals surface area (Å²) in [5.41, 5.74) is 1.79. The van der Waals surface area contributed by atoms with Gasteiger partial charge < -0.3 is 15.0 Å². The number of carbonyl (C=O) groups excluding carboxylic acids is 2. The summed E-state index contributed by atoms with van der Waals surface area (Å²) in [7, 11) is 0. The molecule has 2 aliphatic heterocycles. The summed E-state index contributed by atoms with van der Waals surface area (Å²) in [5.74, 6) is 0.0692. The number of anilines is 1. The monoisotopic (exact) mass is 442 g/mol. The van der Waals surface area contributed by atoms with Crippen LogP contribution in [0.1, 0.15) is 28.8 Å². The predicted octanol–water partition coefficient (Wildman–Crippen LogP) is 3.06. The molecular weight excluding hydrogens is 416 g/mol. The van der Waals surface area contributed by atoms with E-state index in [0.717, 1.165) is 51.3 Å². The Balaban J connectivity index is 1.37. The second kappa shape index (κ2) is 10.2. The topological polar surface area (TPSA) is 74.8 Å². The van der Waals surface area contributed by atoms with Gasteiger partial charge in [0.25, 0.3) is 5.91 Å². The zero-order valence-electron chi connectivity index (χ0n) is 17.4. The molecule has 7 nitrogen and oxygen atoms in total. The Labute approximate surface area is 187 Å². The Morgan fingerprint density at radius 1 is 1.16 bits per heavy atom. The average Bonchev–Trinajstić information content (AvgIpc) is 2.81. The molecule has 1 atom stereocenters. The highest BCUT2D eigenvalue weighted by Crippen LogP contribution is 2.21. The molecule has 0 aliphatic carbocycles. The normalized spacial score (nSPS) is 19.8. The van der Waals surface area contributed by atoms with Crippen molar-refractivity contribution in [1.82, 2.24) is 14.8 Å². The molecule has 0 spiro atoms. The van der Waals surface area contributed by atoms with E-state index in [2.05, 4.69) is 21.3 Å². The van der Waals surface area contributed by atoms with Gasteiger partial charge in [0.05, 0.1) is 24.2 Å². The Hall–Kier alpha value is -2.48. The van der Waals surface area contributed by atoms with Crippen molar-refractivity contribution in [2.45, 2.75) is 19.4 Å². The van der Waals surface area contributed by atoms with E-state index in [9.17, 15) is 9.59 Å². The number of nitrogens with zero attached hydrogens (tertiary/aromatic N) is 3. The van der Waals surface area contributed by atoms with Crippen molar-refractivity contribution in [2.75, 3.05) is 44.7 Å². The highest BCUT2D eigenvalue weighted by Gasteiger charge is 2.29. The molecule has 164 valence electrons. The molecule has 0 saturated carbocycles. The molecule has 3 heterocycles. The molecule has 2 saturated heterocycles. The summed E-state index contributed by atoms with van der Waals surface area (Å²) in [5, 5.41) is 3.35. The number of aromatic nitrogens is 1. The fraction of sp³-hybridized carbons (Fsp3) is 0.435. The number of morpholine rings is 1. The smallest absolute Gasteiger partial charge is 0.253 e. The maximum atomic E-state index is 13.1. The van der Waals surface area contributed by atoms with Gasteiger partial charge >= 0.3 is 0 Å². The van der Waals surface area contributed by atoms with Crippen molar-refractivity contribution in [2.24, 2.45) is 5.92 Å². The first-order valence-corrected chi connectivity index (χ1v) is 11.1. The van der Waals surface area contributed by atoms with Gasteiger partial charge in [-0.05, 0) is 42.7 Å². The van der Waals surface area contributed by atoms with Crippen molar-refractivity contribution in [3.05, 3.63) is 58.7 Å². The third kappa shape index (κ3) is 5.81. The highest BCUT2D eigenvalue weighted by atomic mass is 35.5. The number of halogens is 1. The lowest BCUT2D eigenvalue weighted by molar-refractivity contribution is -0.121. The van der Waals surface area contributed by atoms with Gasteiger partial charge in [0.15, 0.2) is 0 Å². The summed E-state index contributed by atoms with van der Waals surface area (Å²) < 4.78 is 5.41. The lowest BCUT2D eigenvalue weighted by Gasteiger charge is -2.32. The van der Waals surface area contributed by atoms with Crippen LogP contribution in [0.3, 0.4) is 0 Å². The van der Waals surface area contributed by atoms with Gasteiger partial charge in [-0.25, -0.2) is 4.98 Å². The molecule has 1 aromatic heterocycles. The minimum absolute atomic E-state index is 0.0223. The maximum absolute atomic E-state index is 13.1. The van der Waals surface area contributed by atoms with E-state index in [-0.39, 0.29) is 17.7 Å². The molecule has 4 rings (SSSR count). The fourth-order valence-electron chi connectivity index (χ4n) is 4.06. The summed E-state index contributed by atoms with van der Waals surface area (Å²) >= 11 is 5.85. The van der Waals surface area contributed by atoms with E-state index in [4.69, 9.17) is 16.3 Å². The number of pyridine rings is 1. The standard InChI is InChI=1S/C23H27ClN4O3/c24-20-6-7-21(25-14-20)26-22(29)19-5-2-8-28(16-19)23(30)18-4-1-3-17(13-18)15-27-9-11-31-12-10-27/h1,3-4,6-7,13-14,19H,2,5,8-12,15-16H2,(H,25,26,29). The van der Waals surface area contributed by atoms with Crippen molar-refractivity contribution >= 4 is 29.2 Å². The molecule has 0 bridgehead atoms. The molecule has 2 fully saturated rings. The molecule has 31 heavy (non-hydrogen) atoms. The van der Waals surface area contributed by atoms with E-state index in [1.54, 1.807) is 17.0 Å². The van der Waals surface area contributed by atoms with Crippen LogP contribution >= 0.6 is 11.6 Å². The van der Waals surface area contributed by atoms with Crippen LogP contribution < -0.4 is 5.32 Å². The van der Waals surface area contributed by atoms with Crippen molar-refractivity contribution in [3.63, 3.8) is 0 Å². The van der Waals surface area contributed by atoms with Gasteiger partial charge in [0, 0.05) is 44.5 Å². The molecule has 1 aromatic carbocycles. The molecule has 2 amide bonds. The number of hydrogen-bond acceptors (Lipinski definition) is 5. The maximum Gasteiger partial charge on any atom is 0.253 e. The highest BCUT2D eigenvalue weighted by molar-refractivity contribution is 6.30. The van der Waals surface area contributed by atoms with Crippen LogP contribution in [0.5, 0.6) is 0 Å². The van der Waals surface area contributed by atoms with Gasteiger partial charge in [-0.2, -0.15) is 0 Å². The van der Waals surface area contributed by atoms with Crippen LogP contribution in [0.15, 0.2) is 42.6 Å². The molecule has 2 aromatic rings. The van der Waals surface area contributed by atoms with E-state index in [0.29, 0.717) is 29.5 Å². The van der Waals surface area contributed by atoms with E-state index in [1.807, 2.05) is 18.2 Å². The summed E-state index contributed by atoms with van der Waals surface area (Å²) in [4.78, 5) is 34.1. The molecule has 2 aliphatic rings. The van der Waals surface area contributed by atoms with Crippen LogP contribution in [-0.2, 0) is 16.1 Å². The number of hydrogen-bond donors (Lipinski definition) is 1. The lowest BCUT2D eigenvalue weighted by Crippen LogP contribution is -2.43. The van der Waals surface area contributed by atoms with Crippen LogP contribution in [-0.4, -0.2) is 66.0 Å². The first-order valence-electron chi connectivity index (χ1n) is 10.7.